The highest BCUT2D eigenvalue weighted by atomic mass is 16.7. The molecule has 0 aromatic rings. The van der Waals surface area contributed by atoms with Crippen molar-refractivity contribution in [3.63, 3.8) is 0 Å². The van der Waals surface area contributed by atoms with Crippen molar-refractivity contribution in [3.05, 3.63) is 0 Å². The van der Waals surface area contributed by atoms with Gasteiger partial charge in [0.2, 0.25) is 0 Å². The summed E-state index contributed by atoms with van der Waals surface area (Å²) in [6.45, 7) is 1.32. The molecular formula is C13H20O3. The quantitative estimate of drug-likeness (QED) is 0.634. The average molecular weight is 224 g/mol. The maximum absolute atomic E-state index is 12.4. The van der Waals surface area contributed by atoms with Crippen LogP contribution in [-0.2, 0) is 14.3 Å². The topological polar surface area (TPSA) is 35.5 Å². The normalized spacial score (nSPS) is 38.4. The van der Waals surface area contributed by atoms with Crippen LogP contribution in [-0.4, -0.2) is 24.8 Å². The second kappa shape index (κ2) is 3.81. The van der Waals surface area contributed by atoms with Crippen LogP contribution in [0.15, 0.2) is 0 Å². The van der Waals surface area contributed by atoms with Crippen molar-refractivity contribution in [2.45, 2.75) is 57.2 Å². The summed E-state index contributed by atoms with van der Waals surface area (Å²) in [4.78, 5) is 12.4. The molecule has 90 valence electrons. The van der Waals surface area contributed by atoms with E-state index in [0.29, 0.717) is 19.0 Å². The molecular weight excluding hydrogens is 204 g/mol. The molecule has 0 aromatic heterocycles. The zero-order valence-electron chi connectivity index (χ0n) is 9.80. The van der Waals surface area contributed by atoms with E-state index in [0.717, 1.165) is 44.9 Å². The Morgan fingerprint density at radius 3 is 2.44 bits per heavy atom. The number of carbonyl (C=O) groups excluding carboxylic acids is 1. The SMILES string of the molecule is O=C1CCCCC[C@]12CCCC21OCCO1. The minimum absolute atomic E-state index is 0.292. The Kier molecular flexibility index (Phi) is 2.55. The van der Waals surface area contributed by atoms with E-state index in [1.165, 1.54) is 6.42 Å². The Labute approximate surface area is 96.5 Å². The highest BCUT2D eigenvalue weighted by molar-refractivity contribution is 5.86. The third-order valence-electron chi connectivity index (χ3n) is 4.63. The molecule has 1 saturated heterocycles. The fourth-order valence-electron chi connectivity index (χ4n) is 3.86. The Hall–Kier alpha value is -0.410. The third-order valence-corrected chi connectivity index (χ3v) is 4.63. The molecule has 1 atom stereocenters. The zero-order valence-corrected chi connectivity index (χ0v) is 9.80. The highest BCUT2D eigenvalue weighted by Gasteiger charge is 2.62. The van der Waals surface area contributed by atoms with Crippen molar-refractivity contribution < 1.29 is 14.3 Å². The molecule has 3 rings (SSSR count). The predicted octanol–water partition coefficient (Wildman–Crippen LogP) is 2.43. The number of ether oxygens (including phenoxy) is 2. The summed E-state index contributed by atoms with van der Waals surface area (Å²) < 4.78 is 11.8. The van der Waals surface area contributed by atoms with Gasteiger partial charge in [0.05, 0.1) is 18.6 Å². The van der Waals surface area contributed by atoms with Crippen LogP contribution in [0.1, 0.15) is 51.4 Å². The number of rotatable bonds is 0. The largest absolute Gasteiger partial charge is 0.346 e. The first kappa shape index (κ1) is 10.7. The minimum atomic E-state index is -0.533. The van der Waals surface area contributed by atoms with Gasteiger partial charge in [-0.15, -0.1) is 0 Å². The van der Waals surface area contributed by atoms with Crippen LogP contribution in [0.25, 0.3) is 0 Å². The van der Waals surface area contributed by atoms with Crippen molar-refractivity contribution in [2.75, 3.05) is 13.2 Å². The Morgan fingerprint density at radius 1 is 0.875 bits per heavy atom. The molecule has 0 N–H and O–H groups in total. The van der Waals surface area contributed by atoms with Gasteiger partial charge in [0, 0.05) is 12.8 Å². The molecule has 16 heavy (non-hydrogen) atoms. The van der Waals surface area contributed by atoms with E-state index >= 15 is 0 Å². The second-order valence-corrected chi connectivity index (χ2v) is 5.37. The Morgan fingerprint density at radius 2 is 1.62 bits per heavy atom. The van der Waals surface area contributed by atoms with Gasteiger partial charge in [-0.1, -0.05) is 12.8 Å². The van der Waals surface area contributed by atoms with Crippen molar-refractivity contribution in [3.8, 4) is 0 Å². The number of Topliss-reactive ketones (excluding diaryl/α,β-unsaturated/α-hetero) is 1. The predicted molar refractivity (Wildman–Crippen MR) is 59.0 cm³/mol. The smallest absolute Gasteiger partial charge is 0.180 e. The van der Waals surface area contributed by atoms with Gasteiger partial charge in [0.15, 0.2) is 5.79 Å². The van der Waals surface area contributed by atoms with Gasteiger partial charge in [-0.25, -0.2) is 0 Å². The van der Waals surface area contributed by atoms with Gasteiger partial charge in [-0.05, 0) is 25.7 Å². The van der Waals surface area contributed by atoms with Crippen molar-refractivity contribution in [2.24, 2.45) is 5.41 Å². The molecule has 3 nitrogen and oxygen atoms in total. The zero-order chi connectivity index (χ0) is 11.1. The molecule has 3 aliphatic rings. The van der Waals surface area contributed by atoms with Gasteiger partial charge in [-0.2, -0.15) is 0 Å². The number of hydrogen-bond acceptors (Lipinski definition) is 3. The molecule has 0 bridgehead atoms. The van der Waals surface area contributed by atoms with Crippen molar-refractivity contribution in [1.82, 2.24) is 0 Å². The molecule has 0 aromatic carbocycles. The molecule has 3 fully saturated rings. The Balaban J connectivity index is 1.96. The summed E-state index contributed by atoms with van der Waals surface area (Å²) >= 11 is 0. The first-order chi connectivity index (χ1) is 7.79. The molecule has 2 spiro atoms. The second-order valence-electron chi connectivity index (χ2n) is 5.37. The summed E-state index contributed by atoms with van der Waals surface area (Å²) in [5, 5.41) is 0. The van der Waals surface area contributed by atoms with E-state index < -0.39 is 5.79 Å². The van der Waals surface area contributed by atoms with Crippen LogP contribution in [0.2, 0.25) is 0 Å². The third kappa shape index (κ3) is 1.31. The van der Waals surface area contributed by atoms with Crippen LogP contribution in [0, 0.1) is 5.41 Å². The lowest BCUT2D eigenvalue weighted by Crippen LogP contribution is -2.49. The van der Waals surface area contributed by atoms with Gasteiger partial charge in [-0.3, -0.25) is 4.79 Å². The maximum Gasteiger partial charge on any atom is 0.180 e. The summed E-state index contributed by atoms with van der Waals surface area (Å²) in [7, 11) is 0. The van der Waals surface area contributed by atoms with E-state index in [1.807, 2.05) is 0 Å². The lowest BCUT2D eigenvalue weighted by Gasteiger charge is -2.40. The van der Waals surface area contributed by atoms with Crippen LogP contribution in [0.4, 0.5) is 0 Å². The van der Waals surface area contributed by atoms with Crippen LogP contribution >= 0.6 is 0 Å². The van der Waals surface area contributed by atoms with E-state index in [2.05, 4.69) is 0 Å². The highest BCUT2D eigenvalue weighted by Crippen LogP contribution is 2.56. The van der Waals surface area contributed by atoms with Gasteiger partial charge >= 0.3 is 0 Å². The lowest BCUT2D eigenvalue weighted by molar-refractivity contribution is -0.220. The van der Waals surface area contributed by atoms with Crippen LogP contribution in [0.5, 0.6) is 0 Å². The maximum atomic E-state index is 12.4. The Bertz CT molecular complexity index is 288. The van der Waals surface area contributed by atoms with E-state index in [1.54, 1.807) is 0 Å². The molecule has 0 amide bonds. The van der Waals surface area contributed by atoms with E-state index in [9.17, 15) is 4.79 Å². The molecule has 0 unspecified atom stereocenters. The average Bonchev–Trinajstić information content (AvgIpc) is 2.84. The summed E-state index contributed by atoms with van der Waals surface area (Å²) in [5.41, 5.74) is -0.292. The van der Waals surface area contributed by atoms with Gasteiger partial charge in [0.1, 0.15) is 5.78 Å². The fourth-order valence-corrected chi connectivity index (χ4v) is 3.86. The van der Waals surface area contributed by atoms with Gasteiger partial charge in [0.25, 0.3) is 0 Å². The lowest BCUT2D eigenvalue weighted by atomic mass is 9.73. The van der Waals surface area contributed by atoms with Crippen molar-refractivity contribution >= 4 is 5.78 Å². The summed E-state index contributed by atoms with van der Waals surface area (Å²) in [5.74, 6) is -0.126. The molecule has 1 heterocycles. The van der Waals surface area contributed by atoms with Crippen LogP contribution < -0.4 is 0 Å². The number of carbonyl (C=O) groups is 1. The molecule has 3 heteroatoms. The minimum Gasteiger partial charge on any atom is -0.346 e. The molecule has 0 radical (unpaired) electrons. The van der Waals surface area contributed by atoms with Gasteiger partial charge < -0.3 is 9.47 Å². The fraction of sp³-hybridized carbons (Fsp3) is 0.923. The monoisotopic (exact) mass is 224 g/mol. The van der Waals surface area contributed by atoms with Crippen molar-refractivity contribution in [1.29, 1.82) is 0 Å². The van der Waals surface area contributed by atoms with E-state index in [-0.39, 0.29) is 5.41 Å². The first-order valence-electron chi connectivity index (χ1n) is 6.60. The molecule has 2 aliphatic carbocycles. The molecule has 2 saturated carbocycles. The standard InChI is InChI=1S/C13H20O3/c14-11-5-2-1-3-6-12(11)7-4-8-13(12)15-9-10-16-13/h1-10H2/t12-/m0/s1. The number of ketones is 1. The summed E-state index contributed by atoms with van der Waals surface area (Å²) in [6.07, 6.45) is 8.07. The molecule has 1 aliphatic heterocycles. The first-order valence-corrected chi connectivity index (χ1v) is 6.60. The number of hydrogen-bond donors (Lipinski definition) is 0. The van der Waals surface area contributed by atoms with E-state index in [4.69, 9.17) is 9.47 Å². The number of fused-ring (bicyclic) bond motifs is 1. The van der Waals surface area contributed by atoms with Crippen LogP contribution in [0.3, 0.4) is 0 Å². The summed E-state index contributed by atoms with van der Waals surface area (Å²) in [6, 6.07) is 0.